The Labute approximate surface area is 78.6 Å². The fourth-order valence-electron chi connectivity index (χ4n) is 1.74. The second-order valence-corrected chi connectivity index (χ2v) is 3.85. The Hall–Kier alpha value is -0.830. The van der Waals surface area contributed by atoms with Crippen LogP contribution in [0, 0.1) is 5.92 Å². The van der Waals surface area contributed by atoms with Gasteiger partial charge in [-0.05, 0) is 19.3 Å². The number of allylic oxidation sites excluding steroid dienone is 2. The number of hydrogen-bond acceptors (Lipinski definition) is 2. The van der Waals surface area contributed by atoms with E-state index in [2.05, 4.69) is 22.8 Å². The van der Waals surface area contributed by atoms with Gasteiger partial charge in [-0.25, -0.2) is 0 Å². The zero-order chi connectivity index (χ0) is 9.10. The molecule has 3 heteroatoms. The van der Waals surface area contributed by atoms with Crippen molar-refractivity contribution in [3.8, 4) is 0 Å². The van der Waals surface area contributed by atoms with Crippen molar-refractivity contribution < 1.29 is 4.79 Å². The Morgan fingerprint density at radius 3 is 2.77 bits per heavy atom. The maximum atomic E-state index is 11.6. The molecule has 0 aromatic heterocycles. The van der Waals surface area contributed by atoms with Crippen molar-refractivity contribution in [2.24, 2.45) is 5.92 Å². The van der Waals surface area contributed by atoms with Gasteiger partial charge in [-0.1, -0.05) is 12.2 Å². The molecule has 2 aliphatic rings. The molecule has 2 rings (SSSR count). The second kappa shape index (κ2) is 3.92. The van der Waals surface area contributed by atoms with E-state index < -0.39 is 0 Å². The number of carbonyl (C=O) groups excluding carboxylic acids is 1. The fourth-order valence-corrected chi connectivity index (χ4v) is 1.74. The zero-order valence-corrected chi connectivity index (χ0v) is 7.75. The average Bonchev–Trinajstić information content (AvgIpc) is 2.12. The van der Waals surface area contributed by atoms with E-state index in [0.717, 1.165) is 32.4 Å². The molecule has 1 fully saturated rings. The van der Waals surface area contributed by atoms with Gasteiger partial charge in [0.05, 0.1) is 6.04 Å². The molecule has 0 aromatic carbocycles. The summed E-state index contributed by atoms with van der Waals surface area (Å²) in [5.41, 5.74) is 0. The van der Waals surface area contributed by atoms with Crippen LogP contribution >= 0.6 is 0 Å². The molecule has 1 aliphatic heterocycles. The Morgan fingerprint density at radius 1 is 1.38 bits per heavy atom. The van der Waals surface area contributed by atoms with E-state index in [1.165, 1.54) is 0 Å². The van der Waals surface area contributed by atoms with E-state index in [9.17, 15) is 4.79 Å². The topological polar surface area (TPSA) is 41.1 Å². The van der Waals surface area contributed by atoms with Crippen LogP contribution in [-0.2, 0) is 4.79 Å². The third-order valence-corrected chi connectivity index (χ3v) is 2.77. The van der Waals surface area contributed by atoms with Gasteiger partial charge in [0.15, 0.2) is 0 Å². The molecule has 0 aromatic rings. The molecular formula is C10H16N2O. The Bertz CT molecular complexity index is 221. The van der Waals surface area contributed by atoms with Gasteiger partial charge in [-0.3, -0.25) is 4.79 Å². The van der Waals surface area contributed by atoms with Gasteiger partial charge in [0.25, 0.3) is 0 Å². The first kappa shape index (κ1) is 8.75. The van der Waals surface area contributed by atoms with Gasteiger partial charge in [-0.15, -0.1) is 0 Å². The lowest BCUT2D eigenvalue weighted by Gasteiger charge is -2.30. The molecule has 72 valence electrons. The molecule has 2 N–H and O–H groups in total. The van der Waals surface area contributed by atoms with E-state index in [1.807, 2.05) is 0 Å². The van der Waals surface area contributed by atoms with E-state index >= 15 is 0 Å². The van der Waals surface area contributed by atoms with Crippen LogP contribution in [0.3, 0.4) is 0 Å². The van der Waals surface area contributed by atoms with Crippen LogP contribution in [0.1, 0.15) is 19.3 Å². The molecule has 0 bridgehead atoms. The molecule has 3 nitrogen and oxygen atoms in total. The molecule has 1 saturated heterocycles. The summed E-state index contributed by atoms with van der Waals surface area (Å²) in [6, 6.07) is 0.387. The van der Waals surface area contributed by atoms with Crippen molar-refractivity contribution in [2.45, 2.75) is 25.3 Å². The quantitative estimate of drug-likeness (QED) is 0.605. The maximum absolute atomic E-state index is 11.6. The van der Waals surface area contributed by atoms with Crippen molar-refractivity contribution in [1.82, 2.24) is 10.6 Å². The Kier molecular flexibility index (Phi) is 2.64. The van der Waals surface area contributed by atoms with Gasteiger partial charge in [-0.2, -0.15) is 0 Å². The summed E-state index contributed by atoms with van der Waals surface area (Å²) in [5.74, 6) is 0.474. The molecule has 1 atom stereocenters. The number of carbonyl (C=O) groups is 1. The highest BCUT2D eigenvalue weighted by atomic mass is 16.2. The maximum Gasteiger partial charge on any atom is 0.223 e. The highest BCUT2D eigenvalue weighted by Crippen LogP contribution is 2.18. The minimum atomic E-state index is 0.227. The lowest BCUT2D eigenvalue weighted by molar-refractivity contribution is -0.126. The molecule has 0 saturated carbocycles. The predicted octanol–water partition coefficient (Wildman–Crippen LogP) is 0.431. The van der Waals surface area contributed by atoms with Crippen LogP contribution in [0.25, 0.3) is 0 Å². The first-order valence-corrected chi connectivity index (χ1v) is 5.02. The Balaban J connectivity index is 1.78. The van der Waals surface area contributed by atoms with Crippen LogP contribution in [0.5, 0.6) is 0 Å². The molecule has 0 spiro atoms. The van der Waals surface area contributed by atoms with Gasteiger partial charge in [0.2, 0.25) is 5.91 Å². The fraction of sp³-hybridized carbons (Fsp3) is 0.700. The molecule has 1 amide bonds. The van der Waals surface area contributed by atoms with E-state index in [0.29, 0.717) is 6.04 Å². The van der Waals surface area contributed by atoms with Crippen LogP contribution in [0.15, 0.2) is 12.2 Å². The normalized spacial score (nSPS) is 28.2. The molecule has 1 aliphatic carbocycles. The molecule has 0 radical (unpaired) electrons. The van der Waals surface area contributed by atoms with Crippen molar-refractivity contribution in [1.29, 1.82) is 0 Å². The molecule has 1 unspecified atom stereocenters. The van der Waals surface area contributed by atoms with Gasteiger partial charge >= 0.3 is 0 Å². The lowest BCUT2D eigenvalue weighted by atomic mass is 9.93. The summed E-state index contributed by atoms with van der Waals surface area (Å²) in [5, 5.41) is 6.19. The SMILES string of the molecule is O=C(NC1CNC1)C1CC=CCC1. The van der Waals surface area contributed by atoms with Gasteiger partial charge < -0.3 is 10.6 Å². The molecular weight excluding hydrogens is 164 g/mol. The third kappa shape index (κ3) is 2.10. The second-order valence-electron chi connectivity index (χ2n) is 3.85. The van der Waals surface area contributed by atoms with E-state index in [-0.39, 0.29) is 11.8 Å². The van der Waals surface area contributed by atoms with Crippen molar-refractivity contribution in [2.75, 3.05) is 13.1 Å². The average molecular weight is 180 g/mol. The number of rotatable bonds is 2. The lowest BCUT2D eigenvalue weighted by Crippen LogP contribution is -2.57. The van der Waals surface area contributed by atoms with Crippen LogP contribution in [0.2, 0.25) is 0 Å². The molecule has 13 heavy (non-hydrogen) atoms. The smallest absolute Gasteiger partial charge is 0.223 e. The minimum absolute atomic E-state index is 0.227. The summed E-state index contributed by atoms with van der Waals surface area (Å²) >= 11 is 0. The highest BCUT2D eigenvalue weighted by molar-refractivity contribution is 5.79. The van der Waals surface area contributed by atoms with Gasteiger partial charge in [0.1, 0.15) is 0 Å². The predicted molar refractivity (Wildman–Crippen MR) is 51.3 cm³/mol. The summed E-state index contributed by atoms with van der Waals surface area (Å²) in [7, 11) is 0. The van der Waals surface area contributed by atoms with Crippen molar-refractivity contribution in [3.63, 3.8) is 0 Å². The van der Waals surface area contributed by atoms with Crippen molar-refractivity contribution >= 4 is 5.91 Å². The molecule has 1 heterocycles. The third-order valence-electron chi connectivity index (χ3n) is 2.77. The van der Waals surface area contributed by atoms with Crippen LogP contribution in [0.4, 0.5) is 0 Å². The summed E-state index contributed by atoms with van der Waals surface area (Å²) in [6.45, 7) is 1.88. The number of amides is 1. The van der Waals surface area contributed by atoms with Gasteiger partial charge in [0, 0.05) is 19.0 Å². The van der Waals surface area contributed by atoms with Crippen molar-refractivity contribution in [3.05, 3.63) is 12.2 Å². The summed E-state index contributed by atoms with van der Waals surface area (Å²) < 4.78 is 0. The number of hydrogen-bond donors (Lipinski definition) is 2. The standard InChI is InChI=1S/C10H16N2O/c13-10(12-9-6-11-7-9)8-4-2-1-3-5-8/h1-2,8-9,11H,3-7H2,(H,12,13). The monoisotopic (exact) mass is 180 g/mol. The highest BCUT2D eigenvalue weighted by Gasteiger charge is 2.24. The zero-order valence-electron chi connectivity index (χ0n) is 7.75. The minimum Gasteiger partial charge on any atom is -0.351 e. The largest absolute Gasteiger partial charge is 0.351 e. The van der Waals surface area contributed by atoms with Crippen LogP contribution in [-0.4, -0.2) is 25.0 Å². The Morgan fingerprint density at radius 2 is 2.23 bits per heavy atom. The van der Waals surface area contributed by atoms with Crippen LogP contribution < -0.4 is 10.6 Å². The summed E-state index contributed by atoms with van der Waals surface area (Å²) in [6.07, 6.45) is 7.27. The van der Waals surface area contributed by atoms with E-state index in [4.69, 9.17) is 0 Å². The first-order chi connectivity index (χ1) is 6.36. The number of nitrogens with one attached hydrogen (secondary N) is 2. The van der Waals surface area contributed by atoms with E-state index in [1.54, 1.807) is 0 Å². The first-order valence-electron chi connectivity index (χ1n) is 5.02. The summed E-state index contributed by atoms with van der Waals surface area (Å²) in [4.78, 5) is 11.6.